The van der Waals surface area contributed by atoms with Crippen molar-refractivity contribution >= 4 is 5.91 Å². The molecular weight excluding hydrogens is 286 g/mol. The average molecular weight is 311 g/mol. The number of unbranched alkanes of at least 4 members (excludes halogenated alkanes) is 1. The highest BCUT2D eigenvalue weighted by molar-refractivity contribution is 5.75. The number of ether oxygens (including phenoxy) is 1. The molecule has 3 heteroatoms. The van der Waals surface area contributed by atoms with Gasteiger partial charge < -0.3 is 10.1 Å². The molecule has 3 nitrogen and oxygen atoms in total. The van der Waals surface area contributed by atoms with Gasteiger partial charge in [0.05, 0.1) is 6.61 Å². The Hall–Kier alpha value is -2.29. The summed E-state index contributed by atoms with van der Waals surface area (Å²) in [5.41, 5.74) is 1.36. The number of hydrogen-bond acceptors (Lipinski definition) is 2. The monoisotopic (exact) mass is 311 g/mol. The van der Waals surface area contributed by atoms with Crippen LogP contribution in [0, 0.1) is 0 Å². The highest BCUT2D eigenvalue weighted by atomic mass is 16.5. The summed E-state index contributed by atoms with van der Waals surface area (Å²) in [6, 6.07) is 20.1. The maximum atomic E-state index is 11.7. The van der Waals surface area contributed by atoms with Gasteiger partial charge in [-0.05, 0) is 43.4 Å². The lowest BCUT2D eigenvalue weighted by molar-refractivity contribution is -0.121. The summed E-state index contributed by atoms with van der Waals surface area (Å²) in [5, 5.41) is 2.97. The number of benzene rings is 2. The minimum absolute atomic E-state index is 0.112. The minimum Gasteiger partial charge on any atom is -0.494 e. The van der Waals surface area contributed by atoms with E-state index < -0.39 is 0 Å². The molecule has 0 unspecified atom stereocenters. The van der Waals surface area contributed by atoms with Crippen LogP contribution in [0.1, 0.15) is 31.2 Å². The Balaban J connectivity index is 1.45. The quantitative estimate of drug-likeness (QED) is 0.674. The summed E-state index contributed by atoms with van der Waals surface area (Å²) in [6.45, 7) is 1.33. The molecule has 0 spiro atoms. The molecule has 2 aromatic carbocycles. The van der Waals surface area contributed by atoms with Gasteiger partial charge in [0.1, 0.15) is 5.75 Å². The van der Waals surface area contributed by atoms with Crippen LogP contribution in [0.3, 0.4) is 0 Å². The first-order valence-corrected chi connectivity index (χ1v) is 8.33. The largest absolute Gasteiger partial charge is 0.494 e. The van der Waals surface area contributed by atoms with E-state index in [4.69, 9.17) is 4.74 Å². The van der Waals surface area contributed by atoms with Gasteiger partial charge in [-0.25, -0.2) is 0 Å². The Morgan fingerprint density at radius 2 is 1.57 bits per heavy atom. The summed E-state index contributed by atoms with van der Waals surface area (Å²) >= 11 is 0. The molecule has 0 fully saturated rings. The van der Waals surface area contributed by atoms with E-state index in [0.717, 1.165) is 38.0 Å². The van der Waals surface area contributed by atoms with Gasteiger partial charge in [0.25, 0.3) is 0 Å². The van der Waals surface area contributed by atoms with Crippen LogP contribution in [0.2, 0.25) is 0 Å². The number of carbonyl (C=O) groups excluding carboxylic acids is 1. The molecule has 1 N–H and O–H groups in total. The van der Waals surface area contributed by atoms with E-state index in [-0.39, 0.29) is 5.91 Å². The van der Waals surface area contributed by atoms with E-state index >= 15 is 0 Å². The standard InChI is InChI=1S/C20H25NO2/c22-20(15-9-17-23-19-13-5-2-6-14-19)21-16-8-7-12-18-10-3-1-4-11-18/h1-6,10-11,13-14H,7-9,12,15-17H2,(H,21,22). The van der Waals surface area contributed by atoms with Crippen LogP contribution in [0.5, 0.6) is 5.75 Å². The fourth-order valence-electron chi connectivity index (χ4n) is 2.35. The van der Waals surface area contributed by atoms with Crippen LogP contribution in [0.4, 0.5) is 0 Å². The summed E-state index contributed by atoms with van der Waals surface area (Å²) in [6.07, 6.45) is 4.44. The van der Waals surface area contributed by atoms with Crippen LogP contribution in [0.25, 0.3) is 0 Å². The van der Waals surface area contributed by atoms with Crippen LogP contribution >= 0.6 is 0 Å². The second kappa shape index (κ2) is 10.4. The molecule has 0 aromatic heterocycles. The van der Waals surface area contributed by atoms with Crippen molar-refractivity contribution in [2.75, 3.05) is 13.2 Å². The number of rotatable bonds is 10. The minimum atomic E-state index is 0.112. The summed E-state index contributed by atoms with van der Waals surface area (Å²) in [7, 11) is 0. The molecule has 1 amide bonds. The second-order valence-electron chi connectivity index (χ2n) is 5.56. The van der Waals surface area contributed by atoms with Crippen molar-refractivity contribution in [3.05, 3.63) is 66.2 Å². The lowest BCUT2D eigenvalue weighted by Crippen LogP contribution is -2.24. The van der Waals surface area contributed by atoms with Crippen LogP contribution < -0.4 is 10.1 Å². The van der Waals surface area contributed by atoms with Gasteiger partial charge in [-0.1, -0.05) is 48.5 Å². The number of aryl methyl sites for hydroxylation is 1. The number of nitrogens with one attached hydrogen (secondary N) is 1. The summed E-state index contributed by atoms with van der Waals surface area (Å²) in [5.74, 6) is 0.968. The molecule has 0 saturated carbocycles. The molecule has 0 aliphatic rings. The molecule has 0 aliphatic heterocycles. The summed E-state index contributed by atoms with van der Waals surface area (Å²) < 4.78 is 5.57. The lowest BCUT2D eigenvalue weighted by Gasteiger charge is -2.07. The van der Waals surface area contributed by atoms with Crippen molar-refractivity contribution in [2.45, 2.75) is 32.1 Å². The Morgan fingerprint density at radius 1 is 0.870 bits per heavy atom. The molecule has 2 rings (SSSR count). The molecule has 23 heavy (non-hydrogen) atoms. The first-order valence-electron chi connectivity index (χ1n) is 8.33. The Bertz CT molecular complexity index is 554. The SMILES string of the molecule is O=C(CCCOc1ccccc1)NCCCCc1ccccc1. The number of para-hydroxylation sites is 1. The molecule has 2 aromatic rings. The average Bonchev–Trinajstić information content (AvgIpc) is 2.60. The van der Waals surface area contributed by atoms with Gasteiger partial charge in [0.2, 0.25) is 5.91 Å². The highest BCUT2D eigenvalue weighted by Crippen LogP contribution is 2.08. The molecule has 0 heterocycles. The molecule has 0 aliphatic carbocycles. The summed E-state index contributed by atoms with van der Waals surface area (Å²) in [4.78, 5) is 11.7. The zero-order valence-corrected chi connectivity index (χ0v) is 13.5. The third kappa shape index (κ3) is 7.50. The lowest BCUT2D eigenvalue weighted by atomic mass is 10.1. The van der Waals surface area contributed by atoms with Crippen molar-refractivity contribution in [3.8, 4) is 5.75 Å². The van der Waals surface area contributed by atoms with E-state index in [9.17, 15) is 4.79 Å². The molecule has 0 bridgehead atoms. The first kappa shape index (κ1) is 17.1. The third-order valence-electron chi connectivity index (χ3n) is 3.62. The van der Waals surface area contributed by atoms with E-state index in [0.29, 0.717) is 13.0 Å². The topological polar surface area (TPSA) is 38.3 Å². The normalized spacial score (nSPS) is 10.3. The molecule has 0 atom stereocenters. The molecule has 0 radical (unpaired) electrons. The van der Waals surface area contributed by atoms with E-state index in [1.807, 2.05) is 36.4 Å². The van der Waals surface area contributed by atoms with Crippen LogP contribution in [-0.2, 0) is 11.2 Å². The van der Waals surface area contributed by atoms with Gasteiger partial charge in [-0.15, -0.1) is 0 Å². The second-order valence-corrected chi connectivity index (χ2v) is 5.56. The molecule has 0 saturated heterocycles. The smallest absolute Gasteiger partial charge is 0.220 e. The number of carbonyl (C=O) groups is 1. The van der Waals surface area contributed by atoms with Crippen molar-refractivity contribution in [1.82, 2.24) is 5.32 Å². The fourth-order valence-corrected chi connectivity index (χ4v) is 2.35. The highest BCUT2D eigenvalue weighted by Gasteiger charge is 2.01. The number of amides is 1. The van der Waals surface area contributed by atoms with Gasteiger partial charge in [0.15, 0.2) is 0 Å². The van der Waals surface area contributed by atoms with Gasteiger partial charge in [0, 0.05) is 13.0 Å². The predicted molar refractivity (Wildman–Crippen MR) is 93.6 cm³/mol. The third-order valence-corrected chi connectivity index (χ3v) is 3.62. The first-order chi connectivity index (χ1) is 11.3. The number of hydrogen-bond donors (Lipinski definition) is 1. The van der Waals surface area contributed by atoms with Gasteiger partial charge >= 0.3 is 0 Å². The fraction of sp³-hybridized carbons (Fsp3) is 0.350. The Morgan fingerprint density at radius 3 is 2.30 bits per heavy atom. The van der Waals surface area contributed by atoms with E-state index in [2.05, 4.69) is 29.6 Å². The van der Waals surface area contributed by atoms with Crippen molar-refractivity contribution in [1.29, 1.82) is 0 Å². The van der Waals surface area contributed by atoms with Gasteiger partial charge in [-0.3, -0.25) is 4.79 Å². The van der Waals surface area contributed by atoms with Crippen molar-refractivity contribution in [2.24, 2.45) is 0 Å². The maximum Gasteiger partial charge on any atom is 0.220 e. The Kier molecular flexibility index (Phi) is 7.75. The Labute approximate surface area is 138 Å². The predicted octanol–water partition coefficient (Wildman–Crippen LogP) is 3.98. The maximum absolute atomic E-state index is 11.7. The van der Waals surface area contributed by atoms with Crippen molar-refractivity contribution < 1.29 is 9.53 Å². The van der Waals surface area contributed by atoms with E-state index in [1.165, 1.54) is 5.56 Å². The molecule has 122 valence electrons. The van der Waals surface area contributed by atoms with Crippen LogP contribution in [0.15, 0.2) is 60.7 Å². The zero-order valence-electron chi connectivity index (χ0n) is 13.5. The van der Waals surface area contributed by atoms with Crippen molar-refractivity contribution in [3.63, 3.8) is 0 Å². The zero-order chi connectivity index (χ0) is 16.2. The van der Waals surface area contributed by atoms with Crippen LogP contribution in [-0.4, -0.2) is 19.1 Å². The van der Waals surface area contributed by atoms with E-state index in [1.54, 1.807) is 0 Å². The van der Waals surface area contributed by atoms with Gasteiger partial charge in [-0.2, -0.15) is 0 Å². The molecular formula is C20H25NO2.